The fourth-order valence-corrected chi connectivity index (χ4v) is 6.51. The lowest BCUT2D eigenvalue weighted by Crippen LogP contribution is -2.58. The summed E-state index contributed by atoms with van der Waals surface area (Å²) in [4.78, 5) is 37.6. The molecule has 0 spiro atoms. The fourth-order valence-electron chi connectivity index (χ4n) is 5.64. The second-order valence-electron chi connectivity index (χ2n) is 8.64. The van der Waals surface area contributed by atoms with Gasteiger partial charge >= 0.3 is 5.97 Å². The van der Waals surface area contributed by atoms with E-state index in [0.29, 0.717) is 29.7 Å². The quantitative estimate of drug-likeness (QED) is 0.574. The van der Waals surface area contributed by atoms with E-state index in [9.17, 15) is 19.5 Å². The minimum Gasteiger partial charge on any atom is -0.457 e. The van der Waals surface area contributed by atoms with Gasteiger partial charge in [-0.15, -0.1) is 11.3 Å². The van der Waals surface area contributed by atoms with Crippen LogP contribution in [-0.2, 0) is 20.9 Å². The van der Waals surface area contributed by atoms with Gasteiger partial charge in [0.15, 0.2) is 6.61 Å². The Morgan fingerprint density at radius 3 is 2.56 bits per heavy atom. The van der Waals surface area contributed by atoms with Crippen LogP contribution in [0.3, 0.4) is 0 Å². The third kappa shape index (κ3) is 3.67. The van der Waals surface area contributed by atoms with Crippen molar-refractivity contribution in [2.45, 2.75) is 57.6 Å². The molecular formula is C20H25NO5S. The van der Waals surface area contributed by atoms with E-state index in [1.165, 1.54) is 18.3 Å². The number of nitrogens with one attached hydrogen (secondary N) is 1. The van der Waals surface area contributed by atoms with Crippen molar-refractivity contribution >= 4 is 29.0 Å². The number of hydrogen-bond acceptors (Lipinski definition) is 6. The highest BCUT2D eigenvalue weighted by atomic mass is 32.1. The van der Waals surface area contributed by atoms with Crippen molar-refractivity contribution in [2.24, 2.45) is 17.3 Å². The van der Waals surface area contributed by atoms with Gasteiger partial charge < -0.3 is 15.2 Å². The number of hydrogen-bond donors (Lipinski definition) is 2. The Kier molecular flexibility index (Phi) is 4.63. The number of Topliss-reactive ketones (excluding diaryl/α,β-unsaturated/α-hetero) is 1. The van der Waals surface area contributed by atoms with Gasteiger partial charge in [0.2, 0.25) is 11.7 Å². The van der Waals surface area contributed by atoms with Crippen LogP contribution in [0.15, 0.2) is 12.1 Å². The topological polar surface area (TPSA) is 92.7 Å². The molecule has 1 amide bonds. The molecule has 4 saturated carbocycles. The van der Waals surface area contributed by atoms with Crippen LogP contribution in [0.1, 0.15) is 60.0 Å². The van der Waals surface area contributed by atoms with Gasteiger partial charge in [-0.1, -0.05) is 0 Å². The molecule has 4 atom stereocenters. The maximum atomic E-state index is 12.8. The molecule has 1 aromatic heterocycles. The van der Waals surface area contributed by atoms with Gasteiger partial charge in [-0.3, -0.25) is 14.4 Å². The second kappa shape index (κ2) is 6.71. The maximum Gasteiger partial charge on any atom is 0.312 e. The molecule has 27 heavy (non-hydrogen) atoms. The number of rotatable bonds is 6. The smallest absolute Gasteiger partial charge is 0.312 e. The van der Waals surface area contributed by atoms with Gasteiger partial charge in [0.05, 0.1) is 22.4 Å². The van der Waals surface area contributed by atoms with E-state index in [1.807, 2.05) is 0 Å². The lowest BCUT2D eigenvalue weighted by molar-refractivity contribution is -0.195. The van der Waals surface area contributed by atoms with Gasteiger partial charge in [-0.25, -0.2) is 0 Å². The first kappa shape index (κ1) is 18.6. The number of ketones is 1. The van der Waals surface area contributed by atoms with Crippen molar-refractivity contribution in [3.05, 3.63) is 21.9 Å². The van der Waals surface area contributed by atoms with Crippen molar-refractivity contribution < 1.29 is 24.2 Å². The van der Waals surface area contributed by atoms with Gasteiger partial charge in [0.25, 0.3) is 0 Å². The average Bonchev–Trinajstić information content (AvgIpc) is 3.04. The Morgan fingerprint density at radius 2 is 1.93 bits per heavy atom. The summed E-state index contributed by atoms with van der Waals surface area (Å²) in [5, 5.41) is 13.5. The first-order chi connectivity index (χ1) is 12.8. The molecule has 0 aromatic carbocycles. The van der Waals surface area contributed by atoms with Gasteiger partial charge in [-0.2, -0.15) is 0 Å². The minimum atomic E-state index is -0.723. The van der Waals surface area contributed by atoms with Crippen LogP contribution < -0.4 is 5.32 Å². The lowest BCUT2D eigenvalue weighted by atomic mass is 9.48. The summed E-state index contributed by atoms with van der Waals surface area (Å²) in [6, 6.07) is 3.50. The Labute approximate surface area is 162 Å². The van der Waals surface area contributed by atoms with E-state index in [2.05, 4.69) is 5.32 Å². The number of carbonyl (C=O) groups excluding carboxylic acids is 3. The van der Waals surface area contributed by atoms with Crippen molar-refractivity contribution in [1.29, 1.82) is 0 Å². The zero-order valence-corrected chi connectivity index (χ0v) is 16.3. The van der Waals surface area contributed by atoms with Crippen LogP contribution >= 0.6 is 11.3 Å². The lowest BCUT2D eigenvalue weighted by Gasteiger charge is -2.58. The van der Waals surface area contributed by atoms with Crippen LogP contribution in [0.2, 0.25) is 0 Å². The van der Waals surface area contributed by atoms with Crippen molar-refractivity contribution in [3.63, 3.8) is 0 Å². The van der Waals surface area contributed by atoms with Crippen molar-refractivity contribution in [1.82, 2.24) is 5.32 Å². The molecule has 2 unspecified atom stereocenters. The van der Waals surface area contributed by atoms with E-state index >= 15 is 0 Å². The van der Waals surface area contributed by atoms with E-state index in [0.717, 1.165) is 37.0 Å². The second-order valence-corrected chi connectivity index (χ2v) is 9.81. The van der Waals surface area contributed by atoms with E-state index in [1.54, 1.807) is 12.1 Å². The Hall–Kier alpha value is -1.73. The van der Waals surface area contributed by atoms with E-state index in [-0.39, 0.29) is 24.3 Å². The van der Waals surface area contributed by atoms with Gasteiger partial charge in [0, 0.05) is 11.8 Å². The molecule has 4 aliphatic rings. The normalized spacial score (nSPS) is 33.7. The van der Waals surface area contributed by atoms with Crippen molar-refractivity contribution in [2.75, 3.05) is 6.61 Å². The maximum absolute atomic E-state index is 12.8. The number of thiophene rings is 1. The summed E-state index contributed by atoms with van der Waals surface area (Å²) in [5.41, 5.74) is -1.33. The molecule has 0 aliphatic heterocycles. The fraction of sp³-hybridized carbons (Fsp3) is 0.650. The molecule has 4 aliphatic carbocycles. The standard InChI is InChI=1S/C20H25NO5S/c1-12(22)21-9-15-2-3-17(27-15)16(23)10-26-18(24)19-5-13-4-14(6-19)8-20(25,7-13)11-19/h2-3,13-14,25H,4-11H2,1H3,(H,21,22)/t13-,14+,19?,20?. The number of amides is 1. The minimum absolute atomic E-state index is 0.123. The largest absolute Gasteiger partial charge is 0.457 e. The first-order valence-corrected chi connectivity index (χ1v) is 10.3. The number of aliphatic hydroxyl groups is 1. The molecule has 4 bridgehead atoms. The van der Waals surface area contributed by atoms with Crippen LogP contribution in [0.4, 0.5) is 0 Å². The van der Waals surface area contributed by atoms with Gasteiger partial charge in [-0.05, 0) is 62.5 Å². The summed E-state index contributed by atoms with van der Waals surface area (Å²) in [5.74, 6) is 0.118. The summed E-state index contributed by atoms with van der Waals surface area (Å²) >= 11 is 1.30. The van der Waals surface area contributed by atoms with Gasteiger partial charge in [0.1, 0.15) is 0 Å². The highest BCUT2D eigenvalue weighted by molar-refractivity contribution is 7.14. The first-order valence-electron chi connectivity index (χ1n) is 9.53. The monoisotopic (exact) mass is 391 g/mol. The number of esters is 1. The van der Waals surface area contributed by atoms with E-state index < -0.39 is 11.0 Å². The SMILES string of the molecule is CC(=O)NCc1ccc(C(=O)COC(=O)C23C[C@@H]4C[C@@H](CC(O)(C4)C2)C3)s1. The molecule has 4 fully saturated rings. The predicted molar refractivity (Wildman–Crippen MR) is 99.2 cm³/mol. The molecule has 6 nitrogen and oxygen atoms in total. The third-order valence-corrected chi connectivity index (χ3v) is 7.37. The van der Waals surface area contributed by atoms with Crippen LogP contribution in [0.5, 0.6) is 0 Å². The molecule has 2 N–H and O–H groups in total. The Morgan fingerprint density at radius 1 is 1.22 bits per heavy atom. The highest BCUT2D eigenvalue weighted by Crippen LogP contribution is 2.61. The highest BCUT2D eigenvalue weighted by Gasteiger charge is 2.60. The Balaban J connectivity index is 1.35. The zero-order chi connectivity index (χ0) is 19.2. The number of carbonyl (C=O) groups is 3. The number of ether oxygens (including phenoxy) is 1. The molecule has 7 heteroatoms. The molecular weight excluding hydrogens is 366 g/mol. The van der Waals surface area contributed by atoms with Crippen LogP contribution in [0.25, 0.3) is 0 Å². The summed E-state index contributed by atoms with van der Waals surface area (Å²) in [6.07, 6.45) is 4.72. The van der Waals surface area contributed by atoms with Crippen LogP contribution in [-0.4, -0.2) is 35.0 Å². The summed E-state index contributed by atoms with van der Waals surface area (Å²) in [7, 11) is 0. The molecule has 146 valence electrons. The summed E-state index contributed by atoms with van der Waals surface area (Å²) < 4.78 is 5.43. The average molecular weight is 391 g/mol. The molecule has 5 rings (SSSR count). The predicted octanol–water partition coefficient (Wildman–Crippen LogP) is 2.44. The van der Waals surface area contributed by atoms with Crippen LogP contribution in [0, 0.1) is 17.3 Å². The summed E-state index contributed by atoms with van der Waals surface area (Å²) in [6.45, 7) is 1.56. The Bertz CT molecular complexity index is 771. The molecule has 1 aromatic rings. The molecule has 0 saturated heterocycles. The van der Waals surface area contributed by atoms with Crippen molar-refractivity contribution in [3.8, 4) is 0 Å². The zero-order valence-electron chi connectivity index (χ0n) is 15.5. The molecule has 0 radical (unpaired) electrons. The molecule has 1 heterocycles. The third-order valence-electron chi connectivity index (χ3n) is 6.25. The van der Waals surface area contributed by atoms with E-state index in [4.69, 9.17) is 4.74 Å².